The lowest BCUT2D eigenvalue weighted by molar-refractivity contribution is 0.144. The Labute approximate surface area is 126 Å². The van der Waals surface area contributed by atoms with E-state index in [0.29, 0.717) is 5.56 Å². The maximum Gasteiger partial charge on any atom is 0.110 e. The minimum atomic E-state index is -0.0378. The molecule has 2 aromatic rings. The van der Waals surface area contributed by atoms with Gasteiger partial charge in [0.2, 0.25) is 0 Å². The van der Waals surface area contributed by atoms with Crippen molar-refractivity contribution in [1.29, 1.82) is 5.26 Å². The molecule has 1 heterocycles. The number of nitriles is 1. The Kier molecular flexibility index (Phi) is 4.64. The molecule has 0 bridgehead atoms. The normalized spacial score (nSPS) is 11.8. The summed E-state index contributed by atoms with van der Waals surface area (Å²) < 4.78 is 7.68. The first-order valence-corrected chi connectivity index (χ1v) is 7.47. The van der Waals surface area contributed by atoms with Gasteiger partial charge >= 0.3 is 0 Å². The van der Waals surface area contributed by atoms with Crippen LogP contribution in [-0.4, -0.2) is 22.8 Å². The van der Waals surface area contributed by atoms with Gasteiger partial charge < -0.3 is 9.30 Å². The van der Waals surface area contributed by atoms with Gasteiger partial charge in [0.25, 0.3) is 0 Å². The lowest BCUT2D eigenvalue weighted by Gasteiger charge is -2.24. The molecular formula is C17H23N3O. The molecule has 0 amide bonds. The van der Waals surface area contributed by atoms with Crippen LogP contribution in [0, 0.1) is 11.3 Å². The predicted molar refractivity (Wildman–Crippen MR) is 84.3 cm³/mol. The fourth-order valence-corrected chi connectivity index (χ4v) is 2.59. The molecule has 0 saturated heterocycles. The van der Waals surface area contributed by atoms with Crippen LogP contribution in [0.15, 0.2) is 18.2 Å². The average molecular weight is 285 g/mol. The van der Waals surface area contributed by atoms with Gasteiger partial charge in [-0.1, -0.05) is 0 Å². The molecule has 4 nitrogen and oxygen atoms in total. The van der Waals surface area contributed by atoms with E-state index in [0.717, 1.165) is 42.9 Å². The lowest BCUT2D eigenvalue weighted by Crippen LogP contribution is -2.24. The number of aryl methyl sites for hydroxylation is 1. The quantitative estimate of drug-likeness (QED) is 0.788. The Morgan fingerprint density at radius 1 is 1.33 bits per heavy atom. The van der Waals surface area contributed by atoms with Crippen molar-refractivity contribution in [2.45, 2.75) is 46.1 Å². The number of rotatable bonds is 5. The van der Waals surface area contributed by atoms with Crippen LogP contribution in [-0.2, 0) is 16.7 Å². The maximum atomic E-state index is 9.03. The third-order valence-corrected chi connectivity index (χ3v) is 3.42. The van der Waals surface area contributed by atoms with Crippen LogP contribution in [0.3, 0.4) is 0 Å². The summed E-state index contributed by atoms with van der Waals surface area (Å²) in [5.74, 6) is 1.06. The van der Waals surface area contributed by atoms with Crippen molar-refractivity contribution in [2.75, 3.05) is 13.2 Å². The topological polar surface area (TPSA) is 50.8 Å². The fraction of sp³-hybridized carbons (Fsp3) is 0.529. The lowest BCUT2D eigenvalue weighted by atomic mass is 10.1. The van der Waals surface area contributed by atoms with Crippen molar-refractivity contribution >= 4 is 11.0 Å². The summed E-state index contributed by atoms with van der Waals surface area (Å²) in [6, 6.07) is 7.90. The largest absolute Gasteiger partial charge is 0.382 e. The highest BCUT2D eigenvalue weighted by molar-refractivity contribution is 5.78. The Morgan fingerprint density at radius 2 is 2.10 bits per heavy atom. The fourth-order valence-electron chi connectivity index (χ4n) is 2.59. The average Bonchev–Trinajstić information content (AvgIpc) is 2.80. The zero-order chi connectivity index (χ0) is 15.5. The number of hydrogen-bond acceptors (Lipinski definition) is 3. The van der Waals surface area contributed by atoms with Crippen molar-refractivity contribution in [3.05, 3.63) is 29.6 Å². The van der Waals surface area contributed by atoms with Gasteiger partial charge in [0.15, 0.2) is 0 Å². The van der Waals surface area contributed by atoms with Gasteiger partial charge in [0, 0.05) is 25.2 Å². The molecule has 0 aliphatic carbocycles. The van der Waals surface area contributed by atoms with Crippen LogP contribution in [0.25, 0.3) is 11.0 Å². The number of imidazole rings is 1. The molecule has 112 valence electrons. The van der Waals surface area contributed by atoms with Gasteiger partial charge in [-0.25, -0.2) is 4.98 Å². The van der Waals surface area contributed by atoms with E-state index in [4.69, 9.17) is 15.0 Å². The molecule has 0 aliphatic heterocycles. The number of nitrogens with zero attached hydrogens (tertiary/aromatic N) is 3. The van der Waals surface area contributed by atoms with Crippen LogP contribution in [0.5, 0.6) is 0 Å². The molecule has 0 spiro atoms. The van der Waals surface area contributed by atoms with Gasteiger partial charge in [-0.05, 0) is 52.3 Å². The maximum absolute atomic E-state index is 9.03. The summed E-state index contributed by atoms with van der Waals surface area (Å²) in [5, 5.41) is 9.03. The Morgan fingerprint density at radius 3 is 2.71 bits per heavy atom. The SMILES string of the molecule is CCOCCCc1nc2cc(C#N)ccc2n1C(C)(C)C. The van der Waals surface area contributed by atoms with Crippen LogP contribution < -0.4 is 0 Å². The van der Waals surface area contributed by atoms with Gasteiger partial charge in [0.05, 0.1) is 22.7 Å². The van der Waals surface area contributed by atoms with Crippen molar-refractivity contribution in [3.8, 4) is 6.07 Å². The van der Waals surface area contributed by atoms with Crippen molar-refractivity contribution in [2.24, 2.45) is 0 Å². The minimum Gasteiger partial charge on any atom is -0.382 e. The number of fused-ring (bicyclic) bond motifs is 1. The molecule has 0 atom stereocenters. The van der Waals surface area contributed by atoms with Crippen molar-refractivity contribution < 1.29 is 4.74 Å². The zero-order valence-electron chi connectivity index (χ0n) is 13.3. The molecule has 2 rings (SSSR count). The monoisotopic (exact) mass is 285 g/mol. The standard InChI is InChI=1S/C17H23N3O/c1-5-21-10-6-7-16-19-14-11-13(12-18)8-9-15(14)20(16)17(2,3)4/h8-9,11H,5-7,10H2,1-4H3. The Hall–Kier alpha value is -1.86. The predicted octanol–water partition coefficient (Wildman–Crippen LogP) is 3.63. The van der Waals surface area contributed by atoms with E-state index in [-0.39, 0.29) is 5.54 Å². The van der Waals surface area contributed by atoms with E-state index in [1.54, 1.807) is 0 Å². The second-order valence-electron chi connectivity index (χ2n) is 6.15. The Bertz CT molecular complexity index is 659. The third kappa shape index (κ3) is 3.43. The summed E-state index contributed by atoms with van der Waals surface area (Å²) in [6.45, 7) is 10.1. The van der Waals surface area contributed by atoms with E-state index in [9.17, 15) is 0 Å². The summed E-state index contributed by atoms with van der Waals surface area (Å²) >= 11 is 0. The first kappa shape index (κ1) is 15.5. The van der Waals surface area contributed by atoms with E-state index < -0.39 is 0 Å². The molecule has 21 heavy (non-hydrogen) atoms. The number of hydrogen-bond donors (Lipinski definition) is 0. The second-order valence-corrected chi connectivity index (χ2v) is 6.15. The third-order valence-electron chi connectivity index (χ3n) is 3.42. The minimum absolute atomic E-state index is 0.0378. The van der Waals surface area contributed by atoms with Crippen molar-refractivity contribution in [3.63, 3.8) is 0 Å². The highest BCUT2D eigenvalue weighted by atomic mass is 16.5. The summed E-state index contributed by atoms with van der Waals surface area (Å²) in [7, 11) is 0. The van der Waals surface area contributed by atoms with Crippen LogP contribution in [0.1, 0.15) is 45.5 Å². The molecular weight excluding hydrogens is 262 g/mol. The van der Waals surface area contributed by atoms with Crippen LogP contribution >= 0.6 is 0 Å². The smallest absolute Gasteiger partial charge is 0.110 e. The number of aromatic nitrogens is 2. The molecule has 1 aromatic heterocycles. The zero-order valence-corrected chi connectivity index (χ0v) is 13.3. The van der Waals surface area contributed by atoms with Gasteiger partial charge in [0.1, 0.15) is 5.82 Å². The summed E-state index contributed by atoms with van der Waals surface area (Å²) in [5.41, 5.74) is 2.61. The molecule has 0 saturated carbocycles. The summed E-state index contributed by atoms with van der Waals surface area (Å²) in [6.07, 6.45) is 1.84. The highest BCUT2D eigenvalue weighted by Crippen LogP contribution is 2.26. The molecule has 0 radical (unpaired) electrons. The molecule has 0 fully saturated rings. The number of benzene rings is 1. The van der Waals surface area contributed by atoms with Crippen molar-refractivity contribution in [1.82, 2.24) is 9.55 Å². The summed E-state index contributed by atoms with van der Waals surface area (Å²) in [4.78, 5) is 4.74. The van der Waals surface area contributed by atoms with E-state index >= 15 is 0 Å². The van der Waals surface area contributed by atoms with Crippen LogP contribution in [0.4, 0.5) is 0 Å². The molecule has 0 aliphatic rings. The molecule has 4 heteroatoms. The molecule has 0 N–H and O–H groups in total. The van der Waals surface area contributed by atoms with Gasteiger partial charge in [-0.3, -0.25) is 0 Å². The van der Waals surface area contributed by atoms with Crippen LogP contribution in [0.2, 0.25) is 0 Å². The molecule has 1 aromatic carbocycles. The first-order valence-electron chi connectivity index (χ1n) is 7.47. The number of ether oxygens (including phenoxy) is 1. The van der Waals surface area contributed by atoms with E-state index in [1.165, 1.54) is 0 Å². The van der Waals surface area contributed by atoms with E-state index in [1.807, 2.05) is 25.1 Å². The van der Waals surface area contributed by atoms with Gasteiger partial charge in [-0.15, -0.1) is 0 Å². The highest BCUT2D eigenvalue weighted by Gasteiger charge is 2.21. The Balaban J connectivity index is 2.40. The second kappa shape index (κ2) is 6.28. The van der Waals surface area contributed by atoms with Gasteiger partial charge in [-0.2, -0.15) is 5.26 Å². The van der Waals surface area contributed by atoms with E-state index in [2.05, 4.69) is 31.4 Å². The molecule has 0 unspecified atom stereocenters. The first-order chi connectivity index (χ1) is 9.97.